The lowest BCUT2D eigenvalue weighted by molar-refractivity contribution is -0.135. The van der Waals surface area contributed by atoms with Crippen molar-refractivity contribution in [3.05, 3.63) is 120 Å². The number of rotatable bonds is 8. The van der Waals surface area contributed by atoms with Crippen molar-refractivity contribution in [3.8, 4) is 16.9 Å². The monoisotopic (exact) mass is 477 g/mol. The molecule has 0 aromatic heterocycles. The summed E-state index contributed by atoms with van der Waals surface area (Å²) in [6.07, 6.45) is -0.331. The third-order valence-electron chi connectivity index (χ3n) is 6.54. The zero-order valence-corrected chi connectivity index (χ0v) is 20.1. The summed E-state index contributed by atoms with van der Waals surface area (Å²) >= 11 is 0. The van der Waals surface area contributed by atoms with Crippen LogP contribution >= 0.6 is 0 Å². The molecule has 5 nitrogen and oxygen atoms in total. The summed E-state index contributed by atoms with van der Waals surface area (Å²) in [5.41, 5.74) is 2.71. The van der Waals surface area contributed by atoms with Gasteiger partial charge in [-0.15, -0.1) is 0 Å². The van der Waals surface area contributed by atoms with Crippen LogP contribution in [-0.4, -0.2) is 29.9 Å². The zero-order valence-electron chi connectivity index (χ0n) is 20.1. The third-order valence-corrected chi connectivity index (χ3v) is 6.54. The molecule has 0 radical (unpaired) electrons. The average molecular weight is 478 g/mol. The van der Waals surface area contributed by atoms with Gasteiger partial charge >= 0.3 is 0 Å². The van der Waals surface area contributed by atoms with Gasteiger partial charge < -0.3 is 14.7 Å². The molecule has 0 fully saturated rings. The maximum atomic E-state index is 13.5. The number of ketones is 1. The molecule has 36 heavy (non-hydrogen) atoms. The number of para-hydroxylation sites is 1. The maximum absolute atomic E-state index is 13.5. The van der Waals surface area contributed by atoms with E-state index in [1.165, 1.54) is 4.90 Å². The number of benzene rings is 4. The predicted molar refractivity (Wildman–Crippen MR) is 140 cm³/mol. The molecule has 180 valence electrons. The number of aliphatic hydroxyl groups is 1. The maximum Gasteiger partial charge on any atom is 0.264 e. The molecular formula is C31H27NO4. The van der Waals surface area contributed by atoms with E-state index in [4.69, 9.17) is 4.74 Å². The van der Waals surface area contributed by atoms with Gasteiger partial charge in [0.15, 0.2) is 11.4 Å². The van der Waals surface area contributed by atoms with Gasteiger partial charge in [0.05, 0.1) is 18.7 Å². The number of Topliss-reactive ketones (excluding diaryl/α,β-unsaturated/α-hetero) is 1. The van der Waals surface area contributed by atoms with Gasteiger partial charge in [0.25, 0.3) is 5.91 Å². The van der Waals surface area contributed by atoms with Gasteiger partial charge in [0.1, 0.15) is 12.4 Å². The van der Waals surface area contributed by atoms with Crippen LogP contribution in [0.5, 0.6) is 5.75 Å². The van der Waals surface area contributed by atoms with Gasteiger partial charge in [-0.05, 0) is 41.8 Å². The molecular weight excluding hydrogens is 450 g/mol. The van der Waals surface area contributed by atoms with Crippen LogP contribution in [-0.2, 0) is 10.4 Å². The Morgan fingerprint density at radius 2 is 1.56 bits per heavy atom. The van der Waals surface area contributed by atoms with Gasteiger partial charge in [0, 0.05) is 11.1 Å². The lowest BCUT2D eigenvalue weighted by atomic mass is 9.88. The fraction of sp³-hybridized carbons (Fsp3) is 0.161. The van der Waals surface area contributed by atoms with Crippen molar-refractivity contribution in [1.29, 1.82) is 0 Å². The summed E-state index contributed by atoms with van der Waals surface area (Å²) in [4.78, 5) is 28.2. The Balaban J connectivity index is 1.32. The standard InChI is InChI=1S/C31H27NO4/c1-22-8-7-11-26(20-22)36-19-18-32-28-13-6-5-12-27(28)31(35,30(32)34)21-29(33)25-16-14-24(15-17-25)23-9-3-2-4-10-23/h2-17,20,35H,18-19,21H2,1H3. The molecule has 1 aliphatic heterocycles. The molecule has 1 atom stereocenters. The molecule has 4 aromatic rings. The average Bonchev–Trinajstić information content (AvgIpc) is 3.11. The number of amides is 1. The molecule has 5 rings (SSSR count). The minimum atomic E-state index is -1.92. The first kappa shape index (κ1) is 23.5. The smallest absolute Gasteiger partial charge is 0.264 e. The fourth-order valence-corrected chi connectivity index (χ4v) is 4.67. The first-order chi connectivity index (χ1) is 17.5. The van der Waals surface area contributed by atoms with Crippen LogP contribution in [0, 0.1) is 6.92 Å². The second-order valence-corrected chi connectivity index (χ2v) is 9.04. The highest BCUT2D eigenvalue weighted by atomic mass is 16.5. The Morgan fingerprint density at radius 1 is 0.861 bits per heavy atom. The van der Waals surface area contributed by atoms with E-state index in [2.05, 4.69) is 0 Å². The highest BCUT2D eigenvalue weighted by molar-refractivity contribution is 6.10. The van der Waals surface area contributed by atoms with Crippen LogP contribution in [0.2, 0.25) is 0 Å². The molecule has 0 saturated carbocycles. The van der Waals surface area contributed by atoms with Crippen molar-refractivity contribution >= 4 is 17.4 Å². The summed E-state index contributed by atoms with van der Waals surface area (Å²) in [5, 5.41) is 11.5. The van der Waals surface area contributed by atoms with Gasteiger partial charge in [-0.2, -0.15) is 0 Å². The van der Waals surface area contributed by atoms with Crippen molar-refractivity contribution < 1.29 is 19.4 Å². The summed E-state index contributed by atoms with van der Waals surface area (Å²) in [7, 11) is 0. The van der Waals surface area contributed by atoms with Crippen LogP contribution in [0.3, 0.4) is 0 Å². The van der Waals surface area contributed by atoms with Gasteiger partial charge in [-0.3, -0.25) is 9.59 Å². The third kappa shape index (κ3) is 4.53. The van der Waals surface area contributed by atoms with Crippen LogP contribution in [0.25, 0.3) is 11.1 Å². The second-order valence-electron chi connectivity index (χ2n) is 9.04. The normalized spacial score (nSPS) is 16.6. The number of hydrogen-bond acceptors (Lipinski definition) is 4. The van der Waals surface area contributed by atoms with E-state index in [1.54, 1.807) is 30.3 Å². The van der Waals surface area contributed by atoms with E-state index in [-0.39, 0.29) is 25.4 Å². The summed E-state index contributed by atoms with van der Waals surface area (Å²) in [5.74, 6) is -0.0803. The van der Waals surface area contributed by atoms with E-state index in [1.807, 2.05) is 79.7 Å². The van der Waals surface area contributed by atoms with Crippen LogP contribution in [0.4, 0.5) is 5.69 Å². The first-order valence-electron chi connectivity index (χ1n) is 12.0. The number of nitrogens with zero attached hydrogens (tertiary/aromatic N) is 1. The Labute approximate surface area is 210 Å². The molecule has 5 heteroatoms. The van der Waals surface area contributed by atoms with Gasteiger partial charge in [-0.1, -0.05) is 84.9 Å². The predicted octanol–water partition coefficient (Wildman–Crippen LogP) is 5.55. The fourth-order valence-electron chi connectivity index (χ4n) is 4.67. The number of aryl methyl sites for hydroxylation is 1. The van der Waals surface area contributed by atoms with E-state index < -0.39 is 11.5 Å². The molecule has 0 saturated heterocycles. The SMILES string of the molecule is Cc1cccc(OCCN2C(=O)C(O)(CC(=O)c3ccc(-c4ccccc4)cc3)c3ccccc32)c1. The minimum absolute atomic E-state index is 0.256. The van der Waals surface area contributed by atoms with Gasteiger partial charge in [-0.25, -0.2) is 0 Å². The first-order valence-corrected chi connectivity index (χ1v) is 12.0. The highest BCUT2D eigenvalue weighted by Gasteiger charge is 2.50. The molecule has 1 N–H and O–H groups in total. The molecule has 0 aliphatic carbocycles. The largest absolute Gasteiger partial charge is 0.492 e. The highest BCUT2D eigenvalue weighted by Crippen LogP contribution is 2.42. The number of carbonyl (C=O) groups is 2. The number of anilines is 1. The molecule has 1 unspecified atom stereocenters. The topological polar surface area (TPSA) is 66.8 Å². The van der Waals surface area contributed by atoms with Crippen molar-refractivity contribution in [2.24, 2.45) is 0 Å². The van der Waals surface area contributed by atoms with Gasteiger partial charge in [0.2, 0.25) is 0 Å². The molecule has 1 amide bonds. The van der Waals surface area contributed by atoms with E-state index in [0.717, 1.165) is 22.4 Å². The van der Waals surface area contributed by atoms with E-state index in [9.17, 15) is 14.7 Å². The molecule has 4 aromatic carbocycles. The summed E-state index contributed by atoms with van der Waals surface area (Å²) < 4.78 is 5.84. The Bertz CT molecular complexity index is 1400. The van der Waals surface area contributed by atoms with Crippen molar-refractivity contribution in [1.82, 2.24) is 0 Å². The van der Waals surface area contributed by atoms with E-state index in [0.29, 0.717) is 16.8 Å². The summed E-state index contributed by atoms with van der Waals surface area (Å²) in [6.45, 7) is 2.50. The zero-order chi connectivity index (χ0) is 25.1. The number of fused-ring (bicyclic) bond motifs is 1. The van der Waals surface area contributed by atoms with Crippen LogP contribution < -0.4 is 9.64 Å². The molecule has 1 heterocycles. The van der Waals surface area contributed by atoms with Crippen molar-refractivity contribution in [3.63, 3.8) is 0 Å². The second kappa shape index (κ2) is 9.80. The number of hydrogen-bond donors (Lipinski definition) is 1. The molecule has 0 bridgehead atoms. The minimum Gasteiger partial charge on any atom is -0.492 e. The summed E-state index contributed by atoms with van der Waals surface area (Å²) in [6, 6.07) is 31.9. The lowest BCUT2D eigenvalue weighted by Gasteiger charge is -2.23. The Kier molecular flexibility index (Phi) is 6.40. The molecule has 1 aliphatic rings. The van der Waals surface area contributed by atoms with Crippen LogP contribution in [0.15, 0.2) is 103 Å². The Hall–Kier alpha value is -4.22. The number of carbonyl (C=O) groups excluding carboxylic acids is 2. The number of ether oxygens (including phenoxy) is 1. The Morgan fingerprint density at radius 3 is 2.31 bits per heavy atom. The van der Waals surface area contributed by atoms with Crippen molar-refractivity contribution in [2.45, 2.75) is 18.9 Å². The van der Waals surface area contributed by atoms with Crippen LogP contribution in [0.1, 0.15) is 27.9 Å². The van der Waals surface area contributed by atoms with Crippen molar-refractivity contribution in [2.75, 3.05) is 18.1 Å². The quantitative estimate of drug-likeness (QED) is 0.338. The van der Waals surface area contributed by atoms with E-state index >= 15 is 0 Å². The lowest BCUT2D eigenvalue weighted by Crippen LogP contribution is -2.43. The molecule has 0 spiro atoms.